The summed E-state index contributed by atoms with van der Waals surface area (Å²) in [4.78, 5) is 40.3. The van der Waals surface area contributed by atoms with Crippen molar-refractivity contribution >= 4 is 19.7 Å². The molecule has 9 nitrogen and oxygen atoms in total. The van der Waals surface area contributed by atoms with Crippen LogP contribution in [-0.4, -0.2) is 69.4 Å². The van der Waals surface area contributed by atoms with Gasteiger partial charge in [0, 0.05) is 12.8 Å². The Morgan fingerprint density at radius 3 is 1.09 bits per heavy atom. The number of phosphoric acid groups is 1. The van der Waals surface area contributed by atoms with Gasteiger partial charge in [0.15, 0.2) is 0 Å². The smallest absolute Gasteiger partial charge is 0.306 e. The maximum atomic E-state index is 13.6. The number of phosphoric ester groups is 1. The fourth-order valence-electron chi connectivity index (χ4n) is 11.0. The van der Waals surface area contributed by atoms with Gasteiger partial charge in [-0.1, -0.05) is 324 Å². The van der Waals surface area contributed by atoms with Crippen molar-refractivity contribution in [3.05, 3.63) is 85.1 Å². The summed E-state index contributed by atoms with van der Waals surface area (Å²) in [5.41, 5.74) is 0. The summed E-state index contributed by atoms with van der Waals surface area (Å²) in [6, 6.07) is -0.896. The number of hydrogen-bond acceptors (Lipinski definition) is 7. The van der Waals surface area contributed by atoms with Crippen LogP contribution in [0.25, 0.3) is 0 Å². The molecule has 3 unspecified atom stereocenters. The Morgan fingerprint density at radius 2 is 0.719 bits per heavy atom. The lowest BCUT2D eigenvalue weighted by Crippen LogP contribution is -2.47. The quantitative estimate of drug-likeness (QED) is 0.0212. The minimum absolute atomic E-state index is 0.0251. The third-order valence-electron chi connectivity index (χ3n) is 16.8. The Kier molecular flexibility index (Phi) is 65.9. The number of hydrogen-bond donors (Lipinski definition) is 1. The van der Waals surface area contributed by atoms with Crippen LogP contribution in [0.2, 0.25) is 0 Å². The van der Waals surface area contributed by atoms with Gasteiger partial charge in [0.1, 0.15) is 19.3 Å². The van der Waals surface area contributed by atoms with E-state index in [2.05, 4.69) is 99.0 Å². The number of carbonyl (C=O) groups excluding carboxylic acids is 2. The fourth-order valence-corrected chi connectivity index (χ4v) is 11.7. The number of ether oxygens (including phenoxy) is 1. The molecule has 3 atom stereocenters. The van der Waals surface area contributed by atoms with Crippen LogP contribution in [0.3, 0.4) is 0 Å². The van der Waals surface area contributed by atoms with Gasteiger partial charge in [-0.15, -0.1) is 0 Å². The molecular formula is C79H145N2O7P. The molecule has 1 N–H and O–H groups in total. The van der Waals surface area contributed by atoms with E-state index in [0.717, 1.165) is 103 Å². The largest absolute Gasteiger partial charge is 0.756 e. The first-order chi connectivity index (χ1) is 43.4. The van der Waals surface area contributed by atoms with Crippen molar-refractivity contribution in [2.45, 2.75) is 367 Å². The second-order valence-electron chi connectivity index (χ2n) is 26.8. The Morgan fingerprint density at radius 1 is 0.404 bits per heavy atom. The van der Waals surface area contributed by atoms with Crippen LogP contribution in [0, 0.1) is 0 Å². The third-order valence-corrected chi connectivity index (χ3v) is 17.8. The summed E-state index contributed by atoms with van der Waals surface area (Å²) in [5, 5.41) is 3.05. The van der Waals surface area contributed by atoms with Crippen molar-refractivity contribution in [1.82, 2.24) is 5.32 Å². The predicted molar refractivity (Wildman–Crippen MR) is 385 cm³/mol. The topological polar surface area (TPSA) is 114 Å². The molecule has 0 saturated carbocycles. The number of nitrogens with one attached hydrogen (secondary N) is 1. The van der Waals surface area contributed by atoms with Crippen molar-refractivity contribution in [1.29, 1.82) is 0 Å². The van der Waals surface area contributed by atoms with Gasteiger partial charge in [-0.25, -0.2) is 0 Å². The average Bonchev–Trinajstić information content (AvgIpc) is 3.67. The van der Waals surface area contributed by atoms with E-state index in [0.29, 0.717) is 17.4 Å². The molecule has 0 aliphatic carbocycles. The molecule has 0 bridgehead atoms. The van der Waals surface area contributed by atoms with Gasteiger partial charge in [0.25, 0.3) is 7.82 Å². The first-order valence-electron chi connectivity index (χ1n) is 37.9. The van der Waals surface area contributed by atoms with Gasteiger partial charge >= 0.3 is 5.97 Å². The highest BCUT2D eigenvalue weighted by Gasteiger charge is 2.27. The van der Waals surface area contributed by atoms with Crippen LogP contribution in [0.4, 0.5) is 0 Å². The summed E-state index contributed by atoms with van der Waals surface area (Å²) in [5.74, 6) is -0.536. The highest BCUT2D eigenvalue weighted by Crippen LogP contribution is 2.38. The van der Waals surface area contributed by atoms with Gasteiger partial charge in [0.2, 0.25) is 5.91 Å². The number of nitrogens with zero attached hydrogens (tertiary/aromatic N) is 1. The van der Waals surface area contributed by atoms with Crippen molar-refractivity contribution < 1.29 is 37.3 Å². The third kappa shape index (κ3) is 69.4. The lowest BCUT2D eigenvalue weighted by Gasteiger charge is -2.30. The lowest BCUT2D eigenvalue weighted by atomic mass is 10.0. The molecule has 0 aliphatic rings. The summed E-state index contributed by atoms with van der Waals surface area (Å²) in [6.07, 6.45) is 91.4. The number of carbonyl (C=O) groups is 2. The Balaban J connectivity index is 5.04. The minimum atomic E-state index is -4.71. The number of unbranched alkanes of at least 4 members (excludes halogenated alkanes) is 41. The Labute approximate surface area is 552 Å². The molecule has 0 spiro atoms. The van der Waals surface area contributed by atoms with Crippen LogP contribution in [0.15, 0.2) is 85.1 Å². The van der Waals surface area contributed by atoms with Crippen LogP contribution in [-0.2, 0) is 27.9 Å². The van der Waals surface area contributed by atoms with Gasteiger partial charge in [-0.05, 0) is 102 Å². The molecule has 0 aromatic rings. The highest BCUT2D eigenvalue weighted by atomic mass is 31.2. The average molecular weight is 1270 g/mol. The number of quaternary nitrogens is 1. The van der Waals surface area contributed by atoms with Gasteiger partial charge in [-0.2, -0.15) is 0 Å². The molecule has 518 valence electrons. The molecule has 10 heteroatoms. The molecule has 0 saturated heterocycles. The zero-order valence-electron chi connectivity index (χ0n) is 59.4. The van der Waals surface area contributed by atoms with Crippen LogP contribution in [0.5, 0.6) is 0 Å². The molecular weight excluding hydrogens is 1120 g/mol. The lowest BCUT2D eigenvalue weighted by molar-refractivity contribution is -0.870. The molecule has 0 aromatic carbocycles. The summed E-state index contributed by atoms with van der Waals surface area (Å²) in [7, 11) is 1.18. The molecule has 0 fully saturated rings. The van der Waals surface area contributed by atoms with Crippen LogP contribution >= 0.6 is 7.82 Å². The van der Waals surface area contributed by atoms with Crippen molar-refractivity contribution in [3.63, 3.8) is 0 Å². The Bertz CT molecular complexity index is 1800. The summed E-state index contributed by atoms with van der Waals surface area (Å²) >= 11 is 0. The maximum absolute atomic E-state index is 13.6. The van der Waals surface area contributed by atoms with E-state index in [9.17, 15) is 19.0 Å². The fraction of sp³-hybridized carbons (Fsp3) is 0.797. The molecule has 0 aliphatic heterocycles. The van der Waals surface area contributed by atoms with Gasteiger partial charge in [0.05, 0.1) is 33.8 Å². The maximum Gasteiger partial charge on any atom is 0.306 e. The molecule has 0 aromatic heterocycles. The number of likely N-dealkylation sites (N-methyl/N-ethyl adjacent to an activating group) is 1. The van der Waals surface area contributed by atoms with Crippen molar-refractivity contribution in [2.24, 2.45) is 0 Å². The number of rotatable bonds is 69. The minimum Gasteiger partial charge on any atom is -0.756 e. The van der Waals surface area contributed by atoms with Crippen LogP contribution < -0.4 is 10.2 Å². The van der Waals surface area contributed by atoms with E-state index < -0.39 is 26.6 Å². The van der Waals surface area contributed by atoms with Gasteiger partial charge < -0.3 is 28.5 Å². The molecule has 0 heterocycles. The molecule has 0 rings (SSSR count). The number of allylic oxidation sites excluding steroid dienone is 13. The number of esters is 1. The van der Waals surface area contributed by atoms with Crippen LogP contribution in [0.1, 0.15) is 355 Å². The van der Waals surface area contributed by atoms with E-state index in [1.807, 2.05) is 33.3 Å². The van der Waals surface area contributed by atoms with E-state index in [1.54, 1.807) is 0 Å². The zero-order chi connectivity index (χ0) is 64.9. The predicted octanol–water partition coefficient (Wildman–Crippen LogP) is 23.8. The standard InChI is InChI=1S/C79H145N2O7P/c1-7-10-13-16-19-22-25-28-30-32-34-36-38-40-42-44-46-48-50-53-56-59-62-65-68-71-78(82)80-76(75-87-89(84,85)86-74-73-81(4,5)6)77(70-67-64-61-58-55-52-27-24-21-18-15-12-9-3)88-79(83)72-69-66-63-60-57-54-51-49-47-45-43-41-39-37-35-33-31-29-26-23-20-17-14-11-8-2/h10,13,19,22,28-31,34,36,40,42,67,70,76-77H,7-9,11-12,14-18,20-21,23-27,32-33,35,37-39,41,43-66,68-69,71-75H2,1-6H3,(H-,80,82,84,85)/b13-10-,22-19-,30-28-,31-29+,36-34-,42-40-,70-67+. The van der Waals surface area contributed by atoms with E-state index >= 15 is 0 Å². The van der Waals surface area contributed by atoms with E-state index in [4.69, 9.17) is 13.8 Å². The summed E-state index contributed by atoms with van der Waals surface area (Å²) < 4.78 is 30.5. The first kappa shape index (κ1) is 86.2. The highest BCUT2D eigenvalue weighted by molar-refractivity contribution is 7.45. The van der Waals surface area contributed by atoms with Crippen molar-refractivity contribution in [3.8, 4) is 0 Å². The van der Waals surface area contributed by atoms with Gasteiger partial charge in [-0.3, -0.25) is 14.2 Å². The van der Waals surface area contributed by atoms with Crippen molar-refractivity contribution in [2.75, 3.05) is 40.9 Å². The zero-order valence-corrected chi connectivity index (χ0v) is 60.3. The normalized spacial score (nSPS) is 13.9. The molecule has 1 amide bonds. The summed E-state index contributed by atoms with van der Waals surface area (Å²) in [6.45, 7) is 6.77. The Hall–Kier alpha value is -2.81. The second-order valence-corrected chi connectivity index (χ2v) is 28.2. The monoisotopic (exact) mass is 1270 g/mol. The van der Waals surface area contributed by atoms with E-state index in [-0.39, 0.29) is 24.9 Å². The van der Waals surface area contributed by atoms with E-state index in [1.165, 1.54) is 218 Å². The SMILES string of the molecule is CC/C=C\C/C=C\C/C=C\C/C=C\C/C=C\CCCCCCCCCCCC(=O)NC(COP(=O)([O-])OCC[N+](C)(C)C)C(/C=C/CCCCCCCCCCCCC)OC(=O)CCCCCCCCCCCCCCCCC/C=C/CCCCCCCC. The second kappa shape index (κ2) is 68.1. The molecule has 0 radical (unpaired) electrons. The first-order valence-corrected chi connectivity index (χ1v) is 39.4. The number of amides is 1. The molecule has 89 heavy (non-hydrogen) atoms.